The molecule has 0 radical (unpaired) electrons. The SMILES string of the molecule is CCCCc1cc2cc(C=NOC)ccc2o1. The van der Waals surface area contributed by atoms with E-state index in [0.717, 1.165) is 35.1 Å². The molecule has 0 aliphatic carbocycles. The fourth-order valence-electron chi connectivity index (χ4n) is 1.78. The number of hydrogen-bond acceptors (Lipinski definition) is 3. The van der Waals surface area contributed by atoms with Gasteiger partial charge in [0.15, 0.2) is 0 Å². The Morgan fingerprint density at radius 3 is 3.00 bits per heavy atom. The van der Waals surface area contributed by atoms with Gasteiger partial charge >= 0.3 is 0 Å². The third-order valence-corrected chi connectivity index (χ3v) is 2.68. The Labute approximate surface area is 101 Å². The Balaban J connectivity index is 2.24. The zero-order valence-corrected chi connectivity index (χ0v) is 10.3. The Hall–Kier alpha value is -1.77. The highest BCUT2D eigenvalue weighted by molar-refractivity contribution is 5.88. The van der Waals surface area contributed by atoms with Crippen molar-refractivity contribution in [2.75, 3.05) is 7.11 Å². The second-order valence-corrected chi connectivity index (χ2v) is 4.03. The monoisotopic (exact) mass is 231 g/mol. The summed E-state index contributed by atoms with van der Waals surface area (Å²) >= 11 is 0. The van der Waals surface area contributed by atoms with E-state index in [1.807, 2.05) is 12.1 Å². The normalized spacial score (nSPS) is 11.4. The molecule has 3 nitrogen and oxygen atoms in total. The van der Waals surface area contributed by atoms with Crippen molar-refractivity contribution < 1.29 is 9.25 Å². The highest BCUT2D eigenvalue weighted by atomic mass is 16.6. The molecule has 0 saturated carbocycles. The lowest BCUT2D eigenvalue weighted by molar-refractivity contribution is 0.215. The second-order valence-electron chi connectivity index (χ2n) is 4.03. The van der Waals surface area contributed by atoms with Crippen LogP contribution in [-0.4, -0.2) is 13.3 Å². The minimum atomic E-state index is 0.936. The van der Waals surface area contributed by atoms with Gasteiger partial charge in [-0.15, -0.1) is 0 Å². The van der Waals surface area contributed by atoms with Crippen LogP contribution in [0, 0.1) is 0 Å². The van der Waals surface area contributed by atoms with Gasteiger partial charge in [-0.25, -0.2) is 0 Å². The Morgan fingerprint density at radius 2 is 2.24 bits per heavy atom. The van der Waals surface area contributed by atoms with Gasteiger partial charge < -0.3 is 9.25 Å². The van der Waals surface area contributed by atoms with E-state index in [1.165, 1.54) is 13.5 Å². The summed E-state index contributed by atoms with van der Waals surface area (Å²) in [6.45, 7) is 2.18. The van der Waals surface area contributed by atoms with Crippen LogP contribution in [0.2, 0.25) is 0 Å². The summed E-state index contributed by atoms with van der Waals surface area (Å²) in [5.41, 5.74) is 1.95. The summed E-state index contributed by atoms with van der Waals surface area (Å²) in [5.74, 6) is 1.06. The first kappa shape index (κ1) is 11.7. The quantitative estimate of drug-likeness (QED) is 0.580. The topological polar surface area (TPSA) is 34.7 Å². The summed E-state index contributed by atoms with van der Waals surface area (Å²) in [4.78, 5) is 4.66. The molecule has 0 spiro atoms. The van der Waals surface area contributed by atoms with E-state index in [-0.39, 0.29) is 0 Å². The molecule has 0 unspecified atom stereocenters. The highest BCUT2D eigenvalue weighted by Crippen LogP contribution is 2.21. The standard InChI is InChI=1S/C14H17NO2/c1-3-4-5-13-9-12-8-11(10-15-16-2)6-7-14(12)17-13/h6-10H,3-5H2,1-2H3. The van der Waals surface area contributed by atoms with Gasteiger partial charge in [-0.3, -0.25) is 0 Å². The number of oxime groups is 1. The smallest absolute Gasteiger partial charge is 0.134 e. The van der Waals surface area contributed by atoms with Crippen LogP contribution in [-0.2, 0) is 11.3 Å². The molecule has 0 N–H and O–H groups in total. The number of fused-ring (bicyclic) bond motifs is 1. The third-order valence-electron chi connectivity index (χ3n) is 2.68. The lowest BCUT2D eigenvalue weighted by atomic mass is 10.1. The first-order valence-corrected chi connectivity index (χ1v) is 5.92. The van der Waals surface area contributed by atoms with Crippen molar-refractivity contribution in [2.24, 2.45) is 5.16 Å². The average molecular weight is 231 g/mol. The Kier molecular flexibility index (Phi) is 3.81. The fourth-order valence-corrected chi connectivity index (χ4v) is 1.78. The van der Waals surface area contributed by atoms with E-state index >= 15 is 0 Å². The zero-order valence-electron chi connectivity index (χ0n) is 10.3. The lowest BCUT2D eigenvalue weighted by Gasteiger charge is -1.92. The van der Waals surface area contributed by atoms with Gasteiger partial charge in [-0.1, -0.05) is 18.5 Å². The first-order valence-electron chi connectivity index (χ1n) is 5.92. The summed E-state index contributed by atoms with van der Waals surface area (Å²) in [6.07, 6.45) is 5.05. The second kappa shape index (κ2) is 5.53. The van der Waals surface area contributed by atoms with Gasteiger partial charge in [-0.05, 0) is 36.2 Å². The Bertz CT molecular complexity index is 514. The minimum absolute atomic E-state index is 0.936. The number of hydrogen-bond donors (Lipinski definition) is 0. The molecule has 1 aromatic carbocycles. The molecule has 0 saturated heterocycles. The van der Waals surface area contributed by atoms with Crippen LogP contribution in [0.5, 0.6) is 0 Å². The molecule has 2 rings (SSSR count). The maximum Gasteiger partial charge on any atom is 0.134 e. The molecule has 0 bridgehead atoms. The maximum absolute atomic E-state index is 5.75. The summed E-state index contributed by atoms with van der Waals surface area (Å²) in [7, 11) is 1.54. The Morgan fingerprint density at radius 1 is 1.35 bits per heavy atom. The molecule has 0 atom stereocenters. The number of rotatable bonds is 5. The third kappa shape index (κ3) is 2.87. The van der Waals surface area contributed by atoms with E-state index < -0.39 is 0 Å². The van der Waals surface area contributed by atoms with Crippen LogP contribution in [0.25, 0.3) is 11.0 Å². The molecule has 1 aromatic heterocycles. The highest BCUT2D eigenvalue weighted by Gasteiger charge is 2.03. The van der Waals surface area contributed by atoms with Crippen molar-refractivity contribution in [3.8, 4) is 0 Å². The molecule has 17 heavy (non-hydrogen) atoms. The van der Waals surface area contributed by atoms with Crippen LogP contribution in [0.1, 0.15) is 31.1 Å². The van der Waals surface area contributed by atoms with E-state index in [1.54, 1.807) is 6.21 Å². The van der Waals surface area contributed by atoms with Crippen LogP contribution in [0.4, 0.5) is 0 Å². The largest absolute Gasteiger partial charge is 0.461 e. The average Bonchev–Trinajstić information content (AvgIpc) is 2.75. The molecule has 0 aliphatic rings. The summed E-state index contributed by atoms with van der Waals surface area (Å²) in [6, 6.07) is 8.10. The van der Waals surface area contributed by atoms with Crippen LogP contribution in [0.15, 0.2) is 33.8 Å². The molecular formula is C14H17NO2. The fraction of sp³-hybridized carbons (Fsp3) is 0.357. The predicted octanol–water partition coefficient (Wildman–Crippen LogP) is 3.76. The molecule has 90 valence electrons. The number of benzene rings is 1. The maximum atomic E-state index is 5.75. The van der Waals surface area contributed by atoms with Gasteiger partial charge in [0.05, 0.1) is 6.21 Å². The van der Waals surface area contributed by atoms with Crippen molar-refractivity contribution in [1.29, 1.82) is 0 Å². The van der Waals surface area contributed by atoms with Gasteiger partial charge in [0.25, 0.3) is 0 Å². The number of nitrogens with zero attached hydrogens (tertiary/aromatic N) is 1. The van der Waals surface area contributed by atoms with Crippen LogP contribution in [0.3, 0.4) is 0 Å². The van der Waals surface area contributed by atoms with E-state index in [0.29, 0.717) is 0 Å². The molecule has 2 aromatic rings. The number of unbranched alkanes of at least 4 members (excludes halogenated alkanes) is 1. The van der Waals surface area contributed by atoms with Crippen molar-refractivity contribution >= 4 is 17.2 Å². The number of furan rings is 1. The van der Waals surface area contributed by atoms with Crippen LogP contribution >= 0.6 is 0 Å². The summed E-state index contributed by atoms with van der Waals surface area (Å²) in [5, 5.41) is 4.87. The van der Waals surface area contributed by atoms with Gasteiger partial charge in [-0.2, -0.15) is 0 Å². The molecule has 3 heteroatoms. The predicted molar refractivity (Wildman–Crippen MR) is 69.4 cm³/mol. The van der Waals surface area contributed by atoms with Gasteiger partial charge in [0.2, 0.25) is 0 Å². The summed E-state index contributed by atoms with van der Waals surface area (Å²) < 4.78 is 5.75. The first-order chi connectivity index (χ1) is 8.33. The molecule has 1 heterocycles. The van der Waals surface area contributed by atoms with E-state index in [9.17, 15) is 0 Å². The van der Waals surface area contributed by atoms with E-state index in [4.69, 9.17) is 4.42 Å². The zero-order chi connectivity index (χ0) is 12.1. The lowest BCUT2D eigenvalue weighted by Crippen LogP contribution is -1.80. The van der Waals surface area contributed by atoms with Crippen molar-refractivity contribution in [1.82, 2.24) is 0 Å². The van der Waals surface area contributed by atoms with Crippen molar-refractivity contribution in [3.63, 3.8) is 0 Å². The number of aryl methyl sites for hydroxylation is 1. The van der Waals surface area contributed by atoms with Crippen LogP contribution < -0.4 is 0 Å². The van der Waals surface area contributed by atoms with Gasteiger partial charge in [0, 0.05) is 11.8 Å². The van der Waals surface area contributed by atoms with Gasteiger partial charge in [0.1, 0.15) is 18.5 Å². The van der Waals surface area contributed by atoms with E-state index in [2.05, 4.69) is 29.0 Å². The minimum Gasteiger partial charge on any atom is -0.461 e. The molecule has 0 fully saturated rings. The molecular weight excluding hydrogens is 214 g/mol. The van der Waals surface area contributed by atoms with Crippen molar-refractivity contribution in [3.05, 3.63) is 35.6 Å². The molecule has 0 aliphatic heterocycles. The van der Waals surface area contributed by atoms with Crippen molar-refractivity contribution in [2.45, 2.75) is 26.2 Å². The molecule has 0 amide bonds.